The zero-order valence-electron chi connectivity index (χ0n) is 7.66. The number of carbonyl (C=O) groups excluding carboxylic acids is 1. The highest BCUT2D eigenvalue weighted by molar-refractivity contribution is 5.74. The molecule has 0 aromatic heterocycles. The Hall–Kier alpha value is -1.30. The second kappa shape index (κ2) is 4.80. The molecule has 0 aromatic carbocycles. The van der Waals surface area contributed by atoms with Crippen molar-refractivity contribution < 1.29 is 19.4 Å². The predicted molar refractivity (Wildman–Crippen MR) is 45.3 cm³/mol. The van der Waals surface area contributed by atoms with Crippen LogP contribution in [-0.2, 0) is 14.3 Å². The summed E-state index contributed by atoms with van der Waals surface area (Å²) in [7, 11) is 1.25. The fourth-order valence-electron chi connectivity index (χ4n) is 1.29. The van der Waals surface area contributed by atoms with E-state index in [4.69, 9.17) is 10.3 Å². The molecule has 1 N–H and O–H groups in total. The van der Waals surface area contributed by atoms with Crippen molar-refractivity contribution in [2.45, 2.75) is 24.7 Å². The first-order chi connectivity index (χ1) is 6.69. The van der Waals surface area contributed by atoms with E-state index < -0.39 is 24.3 Å². The number of rotatable bonds is 3. The summed E-state index contributed by atoms with van der Waals surface area (Å²) < 4.78 is 9.60. The molecule has 14 heavy (non-hydrogen) atoms. The molecule has 0 aliphatic carbocycles. The SMILES string of the molecule is COC(=O)[C@H]1C[C@@H](O)[C@@H](CN=[N+]=[N-])O1. The van der Waals surface area contributed by atoms with Gasteiger partial charge in [-0.3, -0.25) is 0 Å². The van der Waals surface area contributed by atoms with Gasteiger partial charge in [-0.2, -0.15) is 0 Å². The second-order valence-corrected chi connectivity index (χ2v) is 2.90. The average Bonchev–Trinajstić information content (AvgIpc) is 2.56. The molecule has 1 fully saturated rings. The summed E-state index contributed by atoms with van der Waals surface area (Å²) in [5, 5.41) is 12.7. The lowest BCUT2D eigenvalue weighted by molar-refractivity contribution is -0.153. The third kappa shape index (κ3) is 2.35. The first-order valence-corrected chi connectivity index (χ1v) is 4.11. The van der Waals surface area contributed by atoms with Crippen LogP contribution >= 0.6 is 0 Å². The highest BCUT2D eigenvalue weighted by Crippen LogP contribution is 2.21. The largest absolute Gasteiger partial charge is 0.467 e. The van der Waals surface area contributed by atoms with Crippen LogP contribution in [0.15, 0.2) is 5.11 Å². The van der Waals surface area contributed by atoms with Crippen LogP contribution in [-0.4, -0.2) is 43.0 Å². The summed E-state index contributed by atoms with van der Waals surface area (Å²) in [5.74, 6) is -0.521. The van der Waals surface area contributed by atoms with Crippen molar-refractivity contribution in [2.24, 2.45) is 5.11 Å². The van der Waals surface area contributed by atoms with Crippen LogP contribution in [0.3, 0.4) is 0 Å². The summed E-state index contributed by atoms with van der Waals surface area (Å²) in [5.41, 5.74) is 8.06. The van der Waals surface area contributed by atoms with Crippen LogP contribution in [0.2, 0.25) is 0 Å². The van der Waals surface area contributed by atoms with Crippen LogP contribution in [0.1, 0.15) is 6.42 Å². The number of ether oxygens (including phenoxy) is 2. The van der Waals surface area contributed by atoms with Gasteiger partial charge >= 0.3 is 5.97 Å². The third-order valence-electron chi connectivity index (χ3n) is 2.01. The first-order valence-electron chi connectivity index (χ1n) is 4.11. The van der Waals surface area contributed by atoms with E-state index in [1.165, 1.54) is 7.11 Å². The highest BCUT2D eigenvalue weighted by atomic mass is 16.6. The molecule has 0 bridgehead atoms. The molecule has 0 saturated carbocycles. The normalized spacial score (nSPS) is 30.9. The number of nitrogens with zero attached hydrogens (tertiary/aromatic N) is 3. The van der Waals surface area contributed by atoms with Gasteiger partial charge in [0.1, 0.15) is 0 Å². The zero-order valence-corrected chi connectivity index (χ0v) is 7.66. The Balaban J connectivity index is 2.50. The third-order valence-corrected chi connectivity index (χ3v) is 2.01. The van der Waals surface area contributed by atoms with Crippen molar-refractivity contribution in [2.75, 3.05) is 13.7 Å². The maximum Gasteiger partial charge on any atom is 0.335 e. The van der Waals surface area contributed by atoms with Crippen LogP contribution in [0.25, 0.3) is 10.4 Å². The number of methoxy groups -OCH3 is 1. The van der Waals surface area contributed by atoms with Crippen molar-refractivity contribution in [3.05, 3.63) is 10.4 Å². The number of carbonyl (C=O) groups is 1. The summed E-state index contributed by atoms with van der Waals surface area (Å²) in [4.78, 5) is 13.6. The summed E-state index contributed by atoms with van der Waals surface area (Å²) in [6.07, 6.45) is -1.98. The zero-order chi connectivity index (χ0) is 10.6. The Kier molecular flexibility index (Phi) is 3.70. The fourth-order valence-corrected chi connectivity index (χ4v) is 1.29. The van der Waals surface area contributed by atoms with Gasteiger partial charge in [-0.25, -0.2) is 4.79 Å². The first kappa shape index (κ1) is 10.8. The van der Waals surface area contributed by atoms with Gasteiger partial charge in [0.15, 0.2) is 6.10 Å². The predicted octanol–water partition coefficient (Wildman–Crippen LogP) is -0.0119. The van der Waals surface area contributed by atoms with Gasteiger partial charge in [0.05, 0.1) is 25.9 Å². The van der Waals surface area contributed by atoms with Crippen LogP contribution in [0.5, 0.6) is 0 Å². The lowest BCUT2D eigenvalue weighted by Gasteiger charge is -2.10. The van der Waals surface area contributed by atoms with E-state index in [2.05, 4.69) is 14.8 Å². The minimum absolute atomic E-state index is 0.0190. The lowest BCUT2D eigenvalue weighted by Crippen LogP contribution is -2.25. The van der Waals surface area contributed by atoms with Crippen molar-refractivity contribution in [3.8, 4) is 0 Å². The van der Waals surface area contributed by atoms with Crippen LogP contribution in [0, 0.1) is 0 Å². The van der Waals surface area contributed by atoms with E-state index in [9.17, 15) is 9.90 Å². The number of azide groups is 1. The van der Waals surface area contributed by atoms with Crippen molar-refractivity contribution in [1.82, 2.24) is 0 Å². The van der Waals surface area contributed by atoms with Gasteiger partial charge in [-0.05, 0) is 5.53 Å². The fraction of sp³-hybridized carbons (Fsp3) is 0.857. The number of hydrogen-bond donors (Lipinski definition) is 1. The van der Waals surface area contributed by atoms with Gasteiger partial charge < -0.3 is 14.6 Å². The minimum Gasteiger partial charge on any atom is -0.467 e. The van der Waals surface area contributed by atoms with Gasteiger partial charge in [0, 0.05) is 11.3 Å². The smallest absolute Gasteiger partial charge is 0.335 e. The van der Waals surface area contributed by atoms with E-state index in [0.29, 0.717) is 0 Å². The molecule has 0 amide bonds. The minimum atomic E-state index is -0.787. The number of aliphatic hydroxyl groups excluding tert-OH is 1. The Morgan fingerprint density at radius 1 is 1.86 bits per heavy atom. The standard InChI is InChI=1S/C7H11N3O4/c1-13-7(12)5-2-4(11)6(14-5)3-9-10-8/h4-6,11H,2-3H2,1H3/t4-,5-,6-/m1/s1. The Bertz CT molecular complexity index is 264. The van der Waals surface area contributed by atoms with Gasteiger partial charge in [-0.15, -0.1) is 0 Å². The molecule has 1 rings (SSSR count). The summed E-state index contributed by atoms with van der Waals surface area (Å²) in [6.45, 7) is 0.0190. The molecule has 0 radical (unpaired) electrons. The summed E-state index contributed by atoms with van der Waals surface area (Å²) >= 11 is 0. The number of hydrogen-bond acceptors (Lipinski definition) is 5. The topological polar surface area (TPSA) is 105 Å². The van der Waals surface area contributed by atoms with E-state index in [1.54, 1.807) is 0 Å². The second-order valence-electron chi connectivity index (χ2n) is 2.90. The quantitative estimate of drug-likeness (QED) is 0.300. The molecule has 7 heteroatoms. The Morgan fingerprint density at radius 2 is 2.57 bits per heavy atom. The molecule has 1 heterocycles. The van der Waals surface area contributed by atoms with Gasteiger partial charge in [0.25, 0.3) is 0 Å². The molecule has 1 aliphatic rings. The highest BCUT2D eigenvalue weighted by Gasteiger charge is 2.37. The molecule has 0 unspecified atom stereocenters. The van der Waals surface area contributed by atoms with E-state index >= 15 is 0 Å². The van der Waals surface area contributed by atoms with Crippen molar-refractivity contribution in [3.63, 3.8) is 0 Å². The number of esters is 1. The Labute approximate surface area is 80.2 Å². The summed E-state index contributed by atoms with van der Waals surface area (Å²) in [6, 6.07) is 0. The lowest BCUT2D eigenvalue weighted by atomic mass is 10.1. The molecule has 0 spiro atoms. The van der Waals surface area contributed by atoms with E-state index in [1.807, 2.05) is 0 Å². The maximum absolute atomic E-state index is 11.0. The average molecular weight is 201 g/mol. The van der Waals surface area contributed by atoms with E-state index in [-0.39, 0.29) is 13.0 Å². The molecular weight excluding hydrogens is 190 g/mol. The molecule has 7 nitrogen and oxygen atoms in total. The molecule has 1 saturated heterocycles. The molecule has 78 valence electrons. The van der Waals surface area contributed by atoms with Crippen molar-refractivity contribution >= 4 is 5.97 Å². The molecule has 0 aromatic rings. The van der Waals surface area contributed by atoms with E-state index in [0.717, 1.165) is 0 Å². The van der Waals surface area contributed by atoms with Gasteiger partial charge in [0.2, 0.25) is 0 Å². The van der Waals surface area contributed by atoms with Crippen molar-refractivity contribution in [1.29, 1.82) is 0 Å². The molecule has 3 atom stereocenters. The monoisotopic (exact) mass is 201 g/mol. The maximum atomic E-state index is 11.0. The molecular formula is C7H11N3O4. The molecule has 1 aliphatic heterocycles. The number of aliphatic hydroxyl groups is 1. The Morgan fingerprint density at radius 3 is 3.14 bits per heavy atom. The van der Waals surface area contributed by atoms with Crippen LogP contribution in [0.4, 0.5) is 0 Å². The van der Waals surface area contributed by atoms with Crippen LogP contribution < -0.4 is 0 Å². The van der Waals surface area contributed by atoms with Gasteiger partial charge in [-0.1, -0.05) is 5.11 Å².